The molecule has 2 unspecified atom stereocenters. The fourth-order valence-corrected chi connectivity index (χ4v) is 3.29. The summed E-state index contributed by atoms with van der Waals surface area (Å²) < 4.78 is 4.38. The number of hydrogen-bond acceptors (Lipinski definition) is 4. The highest BCUT2D eigenvalue weighted by Crippen LogP contribution is 2.29. The van der Waals surface area contributed by atoms with Crippen LogP contribution in [0.25, 0.3) is 0 Å². The van der Waals surface area contributed by atoms with Gasteiger partial charge in [0.05, 0.1) is 0 Å². The Morgan fingerprint density at radius 3 is 3.00 bits per heavy atom. The van der Waals surface area contributed by atoms with Crippen LogP contribution >= 0.6 is 11.5 Å². The van der Waals surface area contributed by atoms with Crippen LogP contribution in [0.2, 0.25) is 0 Å². The molecule has 0 spiro atoms. The number of aryl methyl sites for hydroxylation is 1. The first kappa shape index (κ1) is 12.8. The molecule has 1 fully saturated rings. The number of nitrogens with zero attached hydrogens (tertiary/aromatic N) is 2. The van der Waals surface area contributed by atoms with Gasteiger partial charge in [-0.25, -0.2) is 4.98 Å². The summed E-state index contributed by atoms with van der Waals surface area (Å²) in [6.45, 7) is 4.47. The van der Waals surface area contributed by atoms with E-state index in [0.717, 1.165) is 29.7 Å². The van der Waals surface area contributed by atoms with Crippen molar-refractivity contribution in [1.82, 2.24) is 9.36 Å². The van der Waals surface area contributed by atoms with Crippen LogP contribution in [0.3, 0.4) is 0 Å². The van der Waals surface area contributed by atoms with E-state index in [1.807, 2.05) is 0 Å². The van der Waals surface area contributed by atoms with Gasteiger partial charge in [0, 0.05) is 24.0 Å². The minimum Gasteiger partial charge on any atom is -0.358 e. The van der Waals surface area contributed by atoms with E-state index in [4.69, 9.17) is 0 Å². The van der Waals surface area contributed by atoms with Gasteiger partial charge in [-0.1, -0.05) is 33.1 Å². The molecule has 1 aliphatic rings. The maximum Gasteiger partial charge on any atom is 0.202 e. The monoisotopic (exact) mass is 253 g/mol. The lowest BCUT2D eigenvalue weighted by atomic mass is 9.84. The van der Waals surface area contributed by atoms with E-state index in [1.165, 1.54) is 43.6 Å². The molecule has 0 radical (unpaired) electrons. The van der Waals surface area contributed by atoms with E-state index in [0.29, 0.717) is 6.04 Å². The summed E-state index contributed by atoms with van der Waals surface area (Å²) in [6, 6.07) is 0.621. The highest BCUT2D eigenvalue weighted by molar-refractivity contribution is 7.09. The van der Waals surface area contributed by atoms with Crippen molar-refractivity contribution in [2.24, 2.45) is 5.92 Å². The molecule has 1 aromatic heterocycles. The summed E-state index contributed by atoms with van der Waals surface area (Å²) in [5.41, 5.74) is 0. The molecular weight excluding hydrogens is 230 g/mol. The van der Waals surface area contributed by atoms with Crippen LogP contribution in [-0.2, 0) is 6.42 Å². The van der Waals surface area contributed by atoms with Crippen molar-refractivity contribution in [2.75, 3.05) is 5.32 Å². The van der Waals surface area contributed by atoms with Crippen molar-refractivity contribution >= 4 is 16.7 Å². The first-order valence-corrected chi connectivity index (χ1v) is 7.68. The minimum absolute atomic E-state index is 0.621. The van der Waals surface area contributed by atoms with Gasteiger partial charge in [0.15, 0.2) is 0 Å². The van der Waals surface area contributed by atoms with Crippen molar-refractivity contribution in [3.8, 4) is 0 Å². The predicted octanol–water partition coefficient (Wildman–Crippen LogP) is 3.87. The third kappa shape index (κ3) is 3.66. The zero-order valence-electron chi connectivity index (χ0n) is 10.9. The molecule has 1 N–H and O–H groups in total. The van der Waals surface area contributed by atoms with Crippen LogP contribution in [0.15, 0.2) is 0 Å². The largest absolute Gasteiger partial charge is 0.358 e. The van der Waals surface area contributed by atoms with Crippen molar-refractivity contribution < 1.29 is 0 Å². The molecule has 0 bridgehead atoms. The van der Waals surface area contributed by atoms with Gasteiger partial charge < -0.3 is 5.32 Å². The molecule has 2 atom stereocenters. The Balaban J connectivity index is 1.86. The van der Waals surface area contributed by atoms with Crippen LogP contribution in [0, 0.1) is 5.92 Å². The molecule has 96 valence electrons. The quantitative estimate of drug-likeness (QED) is 0.865. The molecule has 4 heteroatoms. The van der Waals surface area contributed by atoms with E-state index >= 15 is 0 Å². The number of anilines is 1. The molecule has 1 saturated carbocycles. The molecule has 3 nitrogen and oxygen atoms in total. The predicted molar refractivity (Wildman–Crippen MR) is 73.6 cm³/mol. The molecule has 0 saturated heterocycles. The van der Waals surface area contributed by atoms with Gasteiger partial charge in [0.25, 0.3) is 0 Å². The first-order chi connectivity index (χ1) is 8.31. The second-order valence-electron chi connectivity index (χ2n) is 5.05. The van der Waals surface area contributed by atoms with Gasteiger partial charge in [-0.05, 0) is 25.2 Å². The summed E-state index contributed by atoms with van der Waals surface area (Å²) in [6.07, 6.45) is 8.80. The normalized spacial score (nSPS) is 24.8. The minimum atomic E-state index is 0.621. The summed E-state index contributed by atoms with van der Waals surface area (Å²) in [5, 5.41) is 4.59. The van der Waals surface area contributed by atoms with Gasteiger partial charge in [-0.15, -0.1) is 0 Å². The van der Waals surface area contributed by atoms with Gasteiger partial charge in [0.1, 0.15) is 5.82 Å². The third-order valence-electron chi connectivity index (χ3n) is 3.63. The van der Waals surface area contributed by atoms with Crippen LogP contribution in [0.1, 0.15) is 58.2 Å². The van der Waals surface area contributed by atoms with Crippen molar-refractivity contribution in [3.05, 3.63) is 5.82 Å². The lowest BCUT2D eigenvalue weighted by Crippen LogP contribution is -2.26. The maximum absolute atomic E-state index is 4.54. The van der Waals surface area contributed by atoms with Crippen LogP contribution in [0.4, 0.5) is 5.13 Å². The molecule has 17 heavy (non-hydrogen) atoms. The molecule has 0 aliphatic heterocycles. The second-order valence-corrected chi connectivity index (χ2v) is 5.80. The standard InChI is InChI=1S/C13H23N3S/c1-3-6-12-15-13(17-16-12)14-11-8-5-7-10(4-2)9-11/h10-11H,3-9H2,1-2H3,(H,14,15,16). The summed E-state index contributed by atoms with van der Waals surface area (Å²) >= 11 is 1.52. The summed E-state index contributed by atoms with van der Waals surface area (Å²) in [7, 11) is 0. The lowest BCUT2D eigenvalue weighted by Gasteiger charge is -2.28. The Labute approximate surface area is 108 Å². The number of hydrogen-bond donors (Lipinski definition) is 1. The Hall–Kier alpha value is -0.640. The van der Waals surface area contributed by atoms with Crippen molar-refractivity contribution in [1.29, 1.82) is 0 Å². The van der Waals surface area contributed by atoms with E-state index < -0.39 is 0 Å². The van der Waals surface area contributed by atoms with Gasteiger partial charge >= 0.3 is 0 Å². The fourth-order valence-electron chi connectivity index (χ4n) is 2.61. The molecule has 0 amide bonds. The third-order valence-corrected chi connectivity index (χ3v) is 4.31. The number of nitrogens with one attached hydrogen (secondary N) is 1. The van der Waals surface area contributed by atoms with Gasteiger partial charge in [0.2, 0.25) is 5.13 Å². The molecule has 1 aliphatic carbocycles. The zero-order valence-corrected chi connectivity index (χ0v) is 11.7. The van der Waals surface area contributed by atoms with Gasteiger partial charge in [-0.3, -0.25) is 0 Å². The molecule has 1 aromatic rings. The topological polar surface area (TPSA) is 37.8 Å². The van der Waals surface area contributed by atoms with Gasteiger partial charge in [-0.2, -0.15) is 4.37 Å². The van der Waals surface area contributed by atoms with E-state index in [9.17, 15) is 0 Å². The van der Waals surface area contributed by atoms with Crippen LogP contribution < -0.4 is 5.32 Å². The highest BCUT2D eigenvalue weighted by atomic mass is 32.1. The Morgan fingerprint density at radius 1 is 1.35 bits per heavy atom. The Morgan fingerprint density at radius 2 is 2.24 bits per heavy atom. The first-order valence-electron chi connectivity index (χ1n) is 6.91. The zero-order chi connectivity index (χ0) is 12.1. The summed E-state index contributed by atoms with van der Waals surface area (Å²) in [5.74, 6) is 1.91. The van der Waals surface area contributed by atoms with E-state index in [-0.39, 0.29) is 0 Å². The smallest absolute Gasteiger partial charge is 0.202 e. The van der Waals surface area contributed by atoms with Crippen LogP contribution in [0.5, 0.6) is 0 Å². The lowest BCUT2D eigenvalue weighted by molar-refractivity contribution is 0.327. The van der Waals surface area contributed by atoms with Crippen molar-refractivity contribution in [3.63, 3.8) is 0 Å². The highest BCUT2D eigenvalue weighted by Gasteiger charge is 2.21. The Bertz CT molecular complexity index is 337. The maximum atomic E-state index is 4.54. The SMILES string of the molecule is CCCc1nsc(NC2CCCC(CC)C2)n1. The van der Waals surface area contributed by atoms with Crippen LogP contribution in [-0.4, -0.2) is 15.4 Å². The fraction of sp³-hybridized carbons (Fsp3) is 0.846. The molecular formula is C13H23N3S. The number of rotatable bonds is 5. The average molecular weight is 253 g/mol. The van der Waals surface area contributed by atoms with E-state index in [1.54, 1.807) is 0 Å². The molecule has 1 heterocycles. The second kappa shape index (κ2) is 6.34. The van der Waals surface area contributed by atoms with E-state index in [2.05, 4.69) is 28.5 Å². The summed E-state index contributed by atoms with van der Waals surface area (Å²) in [4.78, 5) is 4.54. The van der Waals surface area contributed by atoms with Crippen molar-refractivity contribution in [2.45, 2.75) is 64.8 Å². The average Bonchev–Trinajstić information content (AvgIpc) is 2.77. The molecule has 2 rings (SSSR count). The molecule has 0 aromatic carbocycles. The Kier molecular flexibility index (Phi) is 4.77. The number of aromatic nitrogens is 2.